The highest BCUT2D eigenvalue weighted by Gasteiger charge is 2.05. The molecule has 0 atom stereocenters. The molecule has 0 heterocycles. The van der Waals surface area contributed by atoms with Crippen LogP contribution in [0.25, 0.3) is 6.08 Å². The average Bonchev–Trinajstić information content (AvgIpc) is 2.71. The van der Waals surface area contributed by atoms with E-state index < -0.39 is 0 Å². The van der Waals surface area contributed by atoms with Gasteiger partial charge in [0.25, 0.3) is 5.91 Å². The van der Waals surface area contributed by atoms with Crippen molar-refractivity contribution in [3.05, 3.63) is 65.7 Å². The van der Waals surface area contributed by atoms with Crippen LogP contribution in [0.4, 0.5) is 11.4 Å². The van der Waals surface area contributed by atoms with Gasteiger partial charge in [0.2, 0.25) is 5.91 Å². The second kappa shape index (κ2) is 10.5. The third-order valence-electron chi connectivity index (χ3n) is 3.72. The van der Waals surface area contributed by atoms with E-state index in [-0.39, 0.29) is 24.3 Å². The lowest BCUT2D eigenvalue weighted by Crippen LogP contribution is -2.22. The van der Waals surface area contributed by atoms with Gasteiger partial charge in [-0.2, -0.15) is 0 Å². The van der Waals surface area contributed by atoms with E-state index in [4.69, 9.17) is 4.74 Å². The molecule has 2 rings (SSSR count). The van der Waals surface area contributed by atoms with E-state index in [1.807, 2.05) is 24.3 Å². The zero-order valence-corrected chi connectivity index (χ0v) is 15.8. The number of anilines is 2. The van der Waals surface area contributed by atoms with Gasteiger partial charge in [-0.25, -0.2) is 4.79 Å². The summed E-state index contributed by atoms with van der Waals surface area (Å²) in [6.45, 7) is 2.18. The van der Waals surface area contributed by atoms with Gasteiger partial charge in [0.05, 0.1) is 13.2 Å². The van der Waals surface area contributed by atoms with E-state index in [1.54, 1.807) is 44.3 Å². The number of hydrogen-bond donors (Lipinski definition) is 3. The van der Waals surface area contributed by atoms with Crippen molar-refractivity contribution >= 4 is 35.2 Å². The number of benzene rings is 2. The molecule has 28 heavy (non-hydrogen) atoms. The predicted molar refractivity (Wildman–Crippen MR) is 109 cm³/mol. The number of nitrogens with one attached hydrogen (secondary N) is 3. The van der Waals surface area contributed by atoms with E-state index in [2.05, 4.69) is 16.0 Å². The zero-order valence-electron chi connectivity index (χ0n) is 15.8. The smallest absolute Gasteiger partial charge is 0.330 e. The van der Waals surface area contributed by atoms with E-state index in [0.29, 0.717) is 17.9 Å². The molecule has 0 fully saturated rings. The third kappa shape index (κ3) is 6.60. The molecule has 0 bridgehead atoms. The van der Waals surface area contributed by atoms with Gasteiger partial charge in [0.15, 0.2) is 0 Å². The average molecular weight is 381 g/mol. The first kappa shape index (κ1) is 20.7. The van der Waals surface area contributed by atoms with Crippen molar-refractivity contribution in [3.63, 3.8) is 0 Å². The zero-order chi connectivity index (χ0) is 20.4. The van der Waals surface area contributed by atoms with Gasteiger partial charge in [-0.3, -0.25) is 9.59 Å². The third-order valence-corrected chi connectivity index (χ3v) is 3.72. The number of hydrogen-bond acceptors (Lipinski definition) is 5. The van der Waals surface area contributed by atoms with Crippen LogP contribution in [0.3, 0.4) is 0 Å². The maximum atomic E-state index is 12.1. The molecule has 0 saturated heterocycles. The molecular weight excluding hydrogens is 358 g/mol. The SMILES string of the molecule is CCOC(=O)/C=C/c1ccc(NCC(=O)Nc2ccc(C(=O)NC)cc2)cc1. The molecule has 146 valence electrons. The van der Waals surface area contributed by atoms with E-state index in [1.165, 1.54) is 6.08 Å². The van der Waals surface area contributed by atoms with Gasteiger partial charge in [-0.15, -0.1) is 0 Å². The molecule has 0 saturated carbocycles. The van der Waals surface area contributed by atoms with Gasteiger partial charge in [0.1, 0.15) is 0 Å². The van der Waals surface area contributed by atoms with Crippen LogP contribution in [0.15, 0.2) is 54.6 Å². The summed E-state index contributed by atoms with van der Waals surface area (Å²) in [5.41, 5.74) is 2.76. The molecule has 0 aliphatic rings. The first-order chi connectivity index (χ1) is 13.5. The maximum Gasteiger partial charge on any atom is 0.330 e. The fraction of sp³-hybridized carbons (Fsp3) is 0.190. The molecule has 0 radical (unpaired) electrons. The van der Waals surface area contributed by atoms with E-state index >= 15 is 0 Å². The summed E-state index contributed by atoms with van der Waals surface area (Å²) in [6.07, 6.45) is 3.03. The first-order valence-electron chi connectivity index (χ1n) is 8.82. The molecule has 7 nitrogen and oxygen atoms in total. The van der Waals surface area contributed by atoms with Gasteiger partial charge in [-0.05, 0) is 55.0 Å². The highest BCUT2D eigenvalue weighted by atomic mass is 16.5. The van der Waals surface area contributed by atoms with Crippen molar-refractivity contribution in [2.45, 2.75) is 6.92 Å². The molecular formula is C21H23N3O4. The summed E-state index contributed by atoms with van der Waals surface area (Å²) >= 11 is 0. The molecule has 0 aliphatic carbocycles. The molecule has 0 aromatic heterocycles. The van der Waals surface area contributed by atoms with Crippen LogP contribution in [-0.4, -0.2) is 38.0 Å². The van der Waals surface area contributed by atoms with Gasteiger partial charge < -0.3 is 20.7 Å². The van der Waals surface area contributed by atoms with Crippen molar-refractivity contribution < 1.29 is 19.1 Å². The standard InChI is InChI=1S/C21H23N3O4/c1-3-28-20(26)13-6-15-4-9-17(10-5-15)23-14-19(25)24-18-11-7-16(8-12-18)21(27)22-2/h4-13,23H,3,14H2,1-2H3,(H,22,27)(H,24,25)/b13-6+. The summed E-state index contributed by atoms with van der Waals surface area (Å²) in [4.78, 5) is 34.8. The minimum absolute atomic E-state index is 0.0925. The Bertz CT molecular complexity index is 843. The summed E-state index contributed by atoms with van der Waals surface area (Å²) in [6, 6.07) is 13.9. The summed E-state index contributed by atoms with van der Waals surface area (Å²) in [5.74, 6) is -0.774. The predicted octanol–water partition coefficient (Wildman–Crippen LogP) is 2.67. The summed E-state index contributed by atoms with van der Waals surface area (Å²) < 4.78 is 4.82. The Labute approximate surface area is 163 Å². The Kier molecular flexibility index (Phi) is 7.77. The minimum atomic E-state index is -0.385. The topological polar surface area (TPSA) is 96.5 Å². The fourth-order valence-electron chi connectivity index (χ4n) is 2.30. The minimum Gasteiger partial charge on any atom is -0.463 e. The molecule has 2 amide bonds. The van der Waals surface area contributed by atoms with E-state index in [9.17, 15) is 14.4 Å². The Balaban J connectivity index is 1.82. The van der Waals surface area contributed by atoms with Gasteiger partial charge >= 0.3 is 5.97 Å². The van der Waals surface area contributed by atoms with Crippen molar-refractivity contribution in [1.82, 2.24) is 5.32 Å². The quantitative estimate of drug-likeness (QED) is 0.483. The number of carbonyl (C=O) groups excluding carboxylic acids is 3. The Morgan fingerprint density at radius 2 is 1.61 bits per heavy atom. The van der Waals surface area contributed by atoms with Crippen LogP contribution in [0.1, 0.15) is 22.8 Å². The summed E-state index contributed by atoms with van der Waals surface area (Å²) in [7, 11) is 1.56. The van der Waals surface area contributed by atoms with E-state index in [0.717, 1.165) is 11.3 Å². The molecule has 3 N–H and O–H groups in total. The number of rotatable bonds is 8. The van der Waals surface area contributed by atoms with Crippen molar-refractivity contribution in [3.8, 4) is 0 Å². The highest BCUT2D eigenvalue weighted by Crippen LogP contribution is 2.12. The van der Waals surface area contributed by atoms with Crippen LogP contribution < -0.4 is 16.0 Å². The van der Waals surface area contributed by atoms with Crippen LogP contribution in [0.2, 0.25) is 0 Å². The van der Waals surface area contributed by atoms with Crippen molar-refractivity contribution in [1.29, 1.82) is 0 Å². The Hall–Kier alpha value is -3.61. The normalized spacial score (nSPS) is 10.4. The van der Waals surface area contributed by atoms with Crippen molar-refractivity contribution in [2.75, 3.05) is 30.8 Å². The van der Waals surface area contributed by atoms with Crippen LogP contribution >= 0.6 is 0 Å². The lowest BCUT2D eigenvalue weighted by molar-refractivity contribution is -0.137. The lowest BCUT2D eigenvalue weighted by atomic mass is 10.2. The highest BCUT2D eigenvalue weighted by molar-refractivity contribution is 5.96. The second-order valence-corrected chi connectivity index (χ2v) is 5.77. The number of esters is 1. The monoisotopic (exact) mass is 381 g/mol. The lowest BCUT2D eigenvalue weighted by Gasteiger charge is -2.09. The molecule has 7 heteroatoms. The molecule has 0 unspecified atom stereocenters. The van der Waals surface area contributed by atoms with Gasteiger partial charge in [0, 0.05) is 30.1 Å². The van der Waals surface area contributed by atoms with Crippen LogP contribution in [0.5, 0.6) is 0 Å². The molecule has 0 spiro atoms. The maximum absolute atomic E-state index is 12.1. The fourth-order valence-corrected chi connectivity index (χ4v) is 2.30. The molecule has 2 aromatic carbocycles. The number of amides is 2. The second-order valence-electron chi connectivity index (χ2n) is 5.77. The van der Waals surface area contributed by atoms with Crippen LogP contribution in [-0.2, 0) is 14.3 Å². The number of carbonyl (C=O) groups is 3. The largest absolute Gasteiger partial charge is 0.463 e. The van der Waals surface area contributed by atoms with Crippen molar-refractivity contribution in [2.24, 2.45) is 0 Å². The Morgan fingerprint density at radius 1 is 0.964 bits per heavy atom. The number of ether oxygens (including phenoxy) is 1. The Morgan fingerprint density at radius 3 is 2.21 bits per heavy atom. The van der Waals surface area contributed by atoms with Crippen LogP contribution in [0, 0.1) is 0 Å². The molecule has 0 aliphatic heterocycles. The first-order valence-corrected chi connectivity index (χ1v) is 8.82. The summed E-state index contributed by atoms with van der Waals surface area (Å²) in [5, 5.41) is 8.32. The molecule has 2 aromatic rings. The van der Waals surface area contributed by atoms with Gasteiger partial charge in [-0.1, -0.05) is 12.1 Å².